The average Bonchev–Trinajstić information content (AvgIpc) is 3.83. The molecule has 0 saturated carbocycles. The molecule has 0 bridgehead atoms. The average molecular weight is 740 g/mol. The van der Waals surface area contributed by atoms with E-state index in [1.807, 2.05) is 0 Å². The Hall–Kier alpha value is -6.96. The zero-order valence-corrected chi connectivity index (χ0v) is 32.9. The maximum absolute atomic E-state index is 2.44. The fraction of sp³-hybridized carbons (Fsp3) is 0.0877. The summed E-state index contributed by atoms with van der Waals surface area (Å²) < 4.78 is 2.38. The van der Waals surface area contributed by atoms with Crippen molar-refractivity contribution in [2.45, 2.75) is 31.6 Å². The first-order chi connectivity index (χ1) is 28.4. The molecule has 0 aliphatic heterocycles. The minimum absolute atomic E-state index is 0.0684. The van der Waals surface area contributed by atoms with Gasteiger partial charge in [-0.1, -0.05) is 153 Å². The number of fused-ring (bicyclic) bond motifs is 10. The van der Waals surface area contributed by atoms with Gasteiger partial charge in [-0.05, 0) is 145 Å². The lowest BCUT2D eigenvalue weighted by molar-refractivity contribution is 0.661. The van der Waals surface area contributed by atoms with Crippen molar-refractivity contribution in [1.82, 2.24) is 4.57 Å². The summed E-state index contributed by atoms with van der Waals surface area (Å²) in [5.41, 5.74) is 20.5. The van der Waals surface area contributed by atoms with E-state index in [-0.39, 0.29) is 10.8 Å². The van der Waals surface area contributed by atoms with Gasteiger partial charge in [-0.3, -0.25) is 0 Å². The van der Waals surface area contributed by atoms with E-state index < -0.39 is 0 Å². The maximum atomic E-state index is 2.44. The first kappa shape index (κ1) is 33.2. The molecule has 12 rings (SSSR count). The Balaban J connectivity index is 0.920. The fourth-order valence-corrected chi connectivity index (χ4v) is 10.6. The van der Waals surface area contributed by atoms with Crippen LogP contribution in [0.2, 0.25) is 0 Å². The van der Waals surface area contributed by atoms with Crippen LogP contribution in [-0.2, 0) is 10.8 Å². The van der Waals surface area contributed by atoms with Crippen molar-refractivity contribution >= 4 is 32.6 Å². The number of para-hydroxylation sites is 2. The molecule has 1 heteroatoms. The van der Waals surface area contributed by atoms with Gasteiger partial charge in [0, 0.05) is 27.3 Å². The highest BCUT2D eigenvalue weighted by Crippen LogP contribution is 2.54. The number of hydrogen-bond donors (Lipinski definition) is 0. The molecule has 1 aromatic heterocycles. The van der Waals surface area contributed by atoms with Crippen LogP contribution in [0.15, 0.2) is 194 Å². The topological polar surface area (TPSA) is 4.93 Å². The van der Waals surface area contributed by atoms with Gasteiger partial charge in [-0.2, -0.15) is 0 Å². The van der Waals surface area contributed by atoms with E-state index in [4.69, 9.17) is 0 Å². The molecule has 10 aromatic rings. The van der Waals surface area contributed by atoms with Gasteiger partial charge in [0.15, 0.2) is 0 Å². The monoisotopic (exact) mass is 739 g/mol. The van der Waals surface area contributed by atoms with Gasteiger partial charge in [0.05, 0.1) is 11.0 Å². The second-order valence-electron chi connectivity index (χ2n) is 17.1. The predicted octanol–water partition coefficient (Wildman–Crippen LogP) is 14.9. The van der Waals surface area contributed by atoms with Crippen LogP contribution < -0.4 is 0 Å². The molecule has 0 saturated heterocycles. The van der Waals surface area contributed by atoms with E-state index in [2.05, 4.69) is 219 Å². The molecule has 0 spiro atoms. The minimum Gasteiger partial charge on any atom is -0.309 e. The van der Waals surface area contributed by atoms with E-state index in [0.29, 0.717) is 0 Å². The normalized spacial score (nSPS) is 16.1. The largest absolute Gasteiger partial charge is 0.309 e. The molecule has 0 radical (unpaired) electrons. The van der Waals surface area contributed by atoms with Gasteiger partial charge in [0.2, 0.25) is 0 Å². The molecule has 2 aliphatic carbocycles. The number of benzene rings is 9. The summed E-state index contributed by atoms with van der Waals surface area (Å²) in [7, 11) is 0. The standard InChI is InChI=1S/C57H41N/c1-56(2)52-35-41(23-28-45(52)48-31-37-13-7-8-14-38(37)34-53(48)56)36-21-26-42(27-22-36)57(3)50-19-11-9-17-44(50)47-32-39(24-29-51(47)57)40-25-30-55-49(33-40)46-18-10-12-20-54(46)58(55)43-15-5-4-6-16-43/h4-35H,1-3H3. The van der Waals surface area contributed by atoms with Crippen LogP contribution in [0.5, 0.6) is 0 Å². The lowest BCUT2D eigenvalue weighted by atomic mass is 9.74. The number of hydrogen-bond acceptors (Lipinski definition) is 0. The van der Waals surface area contributed by atoms with E-state index in [9.17, 15) is 0 Å². The van der Waals surface area contributed by atoms with Crippen molar-refractivity contribution in [2.75, 3.05) is 0 Å². The van der Waals surface area contributed by atoms with Crippen LogP contribution in [-0.4, -0.2) is 4.57 Å². The van der Waals surface area contributed by atoms with Crippen molar-refractivity contribution in [1.29, 1.82) is 0 Å². The Bertz CT molecular complexity index is 3310. The minimum atomic E-state index is -0.278. The molecule has 0 N–H and O–H groups in total. The van der Waals surface area contributed by atoms with Crippen LogP contribution in [0.1, 0.15) is 48.6 Å². The van der Waals surface area contributed by atoms with Gasteiger partial charge >= 0.3 is 0 Å². The molecule has 0 fully saturated rings. The lowest BCUT2D eigenvalue weighted by Gasteiger charge is -2.28. The summed E-state index contributed by atoms with van der Waals surface area (Å²) in [6.45, 7) is 7.17. The molecule has 1 heterocycles. The molecule has 274 valence electrons. The Morgan fingerprint density at radius 3 is 1.76 bits per heavy atom. The van der Waals surface area contributed by atoms with Crippen molar-refractivity contribution in [3.63, 3.8) is 0 Å². The first-order valence-electron chi connectivity index (χ1n) is 20.5. The predicted molar refractivity (Wildman–Crippen MR) is 244 cm³/mol. The SMILES string of the molecule is CC1(C)c2cc(-c3ccc(C4(C)c5ccccc5-c5cc(-c6ccc7c(c6)c6ccccc6n7-c6ccccc6)ccc54)cc3)ccc2-c2cc3ccccc3cc21. The van der Waals surface area contributed by atoms with Crippen LogP contribution in [0, 0.1) is 0 Å². The van der Waals surface area contributed by atoms with Gasteiger partial charge in [0.1, 0.15) is 0 Å². The smallest absolute Gasteiger partial charge is 0.0541 e. The molecule has 0 amide bonds. The van der Waals surface area contributed by atoms with Crippen molar-refractivity contribution in [2.24, 2.45) is 0 Å². The first-order valence-corrected chi connectivity index (χ1v) is 20.5. The maximum Gasteiger partial charge on any atom is 0.0541 e. The highest BCUT2D eigenvalue weighted by atomic mass is 15.0. The Kier molecular flexibility index (Phi) is 6.88. The summed E-state index contributed by atoms with van der Waals surface area (Å²) in [6.07, 6.45) is 0. The van der Waals surface area contributed by atoms with E-state index in [1.54, 1.807) is 0 Å². The second kappa shape index (κ2) is 12.0. The second-order valence-corrected chi connectivity index (χ2v) is 17.1. The third kappa shape index (κ3) is 4.59. The van der Waals surface area contributed by atoms with E-state index in [1.165, 1.54) is 111 Å². The Labute approximate surface area is 339 Å². The van der Waals surface area contributed by atoms with Crippen LogP contribution >= 0.6 is 0 Å². The summed E-state index contributed by atoms with van der Waals surface area (Å²) >= 11 is 0. The molecule has 58 heavy (non-hydrogen) atoms. The van der Waals surface area contributed by atoms with Gasteiger partial charge in [-0.15, -0.1) is 0 Å². The number of nitrogens with zero attached hydrogens (tertiary/aromatic N) is 1. The molecule has 1 atom stereocenters. The fourth-order valence-electron chi connectivity index (χ4n) is 10.6. The quantitative estimate of drug-likeness (QED) is 0.169. The van der Waals surface area contributed by atoms with Gasteiger partial charge in [-0.25, -0.2) is 0 Å². The molecule has 1 unspecified atom stereocenters. The molecular formula is C57H41N. The van der Waals surface area contributed by atoms with Crippen molar-refractivity contribution in [3.8, 4) is 50.2 Å². The summed E-state index contributed by atoms with van der Waals surface area (Å²) in [4.78, 5) is 0. The molecular weight excluding hydrogens is 699 g/mol. The Morgan fingerprint density at radius 1 is 0.345 bits per heavy atom. The van der Waals surface area contributed by atoms with Gasteiger partial charge in [0.25, 0.3) is 0 Å². The summed E-state index contributed by atoms with van der Waals surface area (Å²) in [5, 5.41) is 5.15. The summed E-state index contributed by atoms with van der Waals surface area (Å²) in [5.74, 6) is 0. The number of rotatable bonds is 4. The molecule has 2 aliphatic rings. The van der Waals surface area contributed by atoms with Gasteiger partial charge < -0.3 is 4.57 Å². The van der Waals surface area contributed by atoms with Crippen molar-refractivity contribution < 1.29 is 0 Å². The highest BCUT2D eigenvalue weighted by Gasteiger charge is 2.41. The zero-order chi connectivity index (χ0) is 38.8. The lowest BCUT2D eigenvalue weighted by Crippen LogP contribution is -2.22. The number of aromatic nitrogens is 1. The Morgan fingerprint density at radius 2 is 0.914 bits per heavy atom. The van der Waals surface area contributed by atoms with Crippen LogP contribution in [0.4, 0.5) is 0 Å². The third-order valence-electron chi connectivity index (χ3n) is 13.7. The molecule has 1 nitrogen and oxygen atoms in total. The molecule has 9 aromatic carbocycles. The van der Waals surface area contributed by atoms with E-state index >= 15 is 0 Å². The zero-order valence-electron chi connectivity index (χ0n) is 32.9. The highest BCUT2D eigenvalue weighted by molar-refractivity contribution is 6.10. The summed E-state index contributed by atoms with van der Waals surface area (Å²) in [6, 6.07) is 72.6. The van der Waals surface area contributed by atoms with Crippen molar-refractivity contribution in [3.05, 3.63) is 222 Å². The van der Waals surface area contributed by atoms with Crippen LogP contribution in [0.3, 0.4) is 0 Å². The van der Waals surface area contributed by atoms with Crippen LogP contribution in [0.25, 0.3) is 82.8 Å². The third-order valence-corrected chi connectivity index (χ3v) is 13.7. The van der Waals surface area contributed by atoms with E-state index in [0.717, 1.165) is 0 Å².